The number of carbonyl (C=O) groups is 1. The Morgan fingerprint density at radius 1 is 1.09 bits per heavy atom. The standard InChI is InChI=1S/C19H18BrNO/c1-19(2)15-6-4-5-7-16(15)21(3)18(19)12-17(22)13-8-10-14(20)11-9-13/h4-12H,1-3H3/b18-12-. The first-order valence-electron chi connectivity index (χ1n) is 7.26. The first-order chi connectivity index (χ1) is 10.4. The van der Waals surface area contributed by atoms with Crippen LogP contribution in [-0.4, -0.2) is 12.8 Å². The molecule has 0 saturated heterocycles. The molecule has 1 aliphatic rings. The number of hydrogen-bond acceptors (Lipinski definition) is 2. The van der Waals surface area contributed by atoms with Gasteiger partial charge in [-0.3, -0.25) is 4.79 Å². The zero-order chi connectivity index (χ0) is 15.9. The van der Waals surface area contributed by atoms with Gasteiger partial charge in [0.15, 0.2) is 5.78 Å². The Balaban J connectivity index is 2.01. The van der Waals surface area contributed by atoms with E-state index in [0.29, 0.717) is 5.56 Å². The van der Waals surface area contributed by atoms with Crippen molar-refractivity contribution in [3.63, 3.8) is 0 Å². The van der Waals surface area contributed by atoms with E-state index in [1.807, 2.05) is 43.4 Å². The van der Waals surface area contributed by atoms with Gasteiger partial charge in [0.2, 0.25) is 0 Å². The number of anilines is 1. The highest BCUT2D eigenvalue weighted by Gasteiger charge is 2.38. The Morgan fingerprint density at radius 2 is 1.73 bits per heavy atom. The van der Waals surface area contributed by atoms with E-state index in [2.05, 4.69) is 46.8 Å². The number of carbonyl (C=O) groups excluding carboxylic acids is 1. The van der Waals surface area contributed by atoms with Crippen molar-refractivity contribution in [2.75, 3.05) is 11.9 Å². The molecule has 0 spiro atoms. The zero-order valence-corrected chi connectivity index (χ0v) is 14.5. The lowest BCUT2D eigenvalue weighted by Gasteiger charge is -2.24. The summed E-state index contributed by atoms with van der Waals surface area (Å²) in [5.41, 5.74) is 3.99. The number of nitrogens with zero attached hydrogens (tertiary/aromatic N) is 1. The lowest BCUT2D eigenvalue weighted by molar-refractivity contribution is 0.104. The summed E-state index contributed by atoms with van der Waals surface area (Å²) in [7, 11) is 2.02. The Morgan fingerprint density at radius 3 is 2.36 bits per heavy atom. The average molecular weight is 356 g/mol. The number of rotatable bonds is 2. The number of likely N-dealkylation sites (N-methyl/N-ethyl adjacent to an activating group) is 1. The average Bonchev–Trinajstić information content (AvgIpc) is 2.69. The summed E-state index contributed by atoms with van der Waals surface area (Å²) in [6, 6.07) is 15.8. The fraction of sp³-hybridized carbons (Fsp3) is 0.211. The molecule has 22 heavy (non-hydrogen) atoms. The van der Waals surface area contributed by atoms with Gasteiger partial charge in [-0.05, 0) is 35.9 Å². The molecule has 112 valence electrons. The Bertz CT molecular complexity index is 759. The molecule has 0 atom stereocenters. The van der Waals surface area contributed by atoms with Crippen LogP contribution in [0.1, 0.15) is 29.8 Å². The fourth-order valence-electron chi connectivity index (χ4n) is 3.08. The monoisotopic (exact) mass is 355 g/mol. The van der Waals surface area contributed by atoms with Crippen LogP contribution >= 0.6 is 15.9 Å². The molecular formula is C19H18BrNO. The molecule has 3 rings (SSSR count). The predicted octanol–water partition coefficient (Wildman–Crippen LogP) is 4.94. The molecule has 2 aromatic rings. The van der Waals surface area contributed by atoms with Crippen LogP contribution in [0, 0.1) is 0 Å². The van der Waals surface area contributed by atoms with Gasteiger partial charge in [0.1, 0.15) is 0 Å². The van der Waals surface area contributed by atoms with Crippen LogP contribution < -0.4 is 4.90 Å². The Labute approximate surface area is 139 Å². The smallest absolute Gasteiger partial charge is 0.187 e. The molecule has 0 fully saturated rings. The van der Waals surface area contributed by atoms with Crippen LogP contribution in [0.2, 0.25) is 0 Å². The first kappa shape index (κ1) is 15.0. The maximum absolute atomic E-state index is 12.6. The highest BCUT2D eigenvalue weighted by atomic mass is 79.9. The topological polar surface area (TPSA) is 20.3 Å². The summed E-state index contributed by atoms with van der Waals surface area (Å²) in [5.74, 6) is 0.0373. The molecule has 0 aliphatic carbocycles. The third-order valence-corrected chi connectivity index (χ3v) is 4.87. The number of halogens is 1. The molecule has 1 heterocycles. The molecule has 0 N–H and O–H groups in total. The number of benzene rings is 2. The van der Waals surface area contributed by atoms with Crippen molar-refractivity contribution in [2.24, 2.45) is 0 Å². The number of allylic oxidation sites excluding steroid dienone is 2. The van der Waals surface area contributed by atoms with Crippen molar-refractivity contribution in [2.45, 2.75) is 19.3 Å². The number of hydrogen-bond donors (Lipinski definition) is 0. The lowest BCUT2D eigenvalue weighted by Crippen LogP contribution is -2.24. The van der Waals surface area contributed by atoms with Gasteiger partial charge in [-0.15, -0.1) is 0 Å². The molecule has 0 bridgehead atoms. The minimum absolute atomic E-state index is 0.0373. The highest BCUT2D eigenvalue weighted by molar-refractivity contribution is 9.10. The first-order valence-corrected chi connectivity index (χ1v) is 8.06. The van der Waals surface area contributed by atoms with Crippen molar-refractivity contribution < 1.29 is 4.79 Å². The molecule has 0 radical (unpaired) electrons. The number of para-hydroxylation sites is 1. The number of ketones is 1. The second kappa shape index (κ2) is 5.40. The molecule has 0 saturated carbocycles. The van der Waals surface area contributed by atoms with E-state index in [1.54, 1.807) is 6.08 Å². The summed E-state index contributed by atoms with van der Waals surface area (Å²) >= 11 is 3.39. The largest absolute Gasteiger partial charge is 0.347 e. The van der Waals surface area contributed by atoms with E-state index in [-0.39, 0.29) is 11.2 Å². The summed E-state index contributed by atoms with van der Waals surface area (Å²) in [6.07, 6.45) is 1.77. The summed E-state index contributed by atoms with van der Waals surface area (Å²) in [6.45, 7) is 4.33. The SMILES string of the molecule is CN1/C(=C\C(=O)c2ccc(Br)cc2)C(C)(C)c2ccccc21. The quantitative estimate of drug-likeness (QED) is 0.561. The Hall–Kier alpha value is -1.87. The van der Waals surface area contributed by atoms with Crippen molar-refractivity contribution in [1.82, 2.24) is 0 Å². The summed E-state index contributed by atoms with van der Waals surface area (Å²) in [5, 5.41) is 0. The van der Waals surface area contributed by atoms with Gasteiger partial charge >= 0.3 is 0 Å². The van der Waals surface area contributed by atoms with Crippen LogP contribution in [0.15, 0.2) is 64.8 Å². The second-order valence-electron chi connectivity index (χ2n) is 6.10. The minimum Gasteiger partial charge on any atom is -0.347 e. The van der Waals surface area contributed by atoms with Gasteiger partial charge in [0.05, 0.1) is 0 Å². The van der Waals surface area contributed by atoms with Gasteiger partial charge in [-0.1, -0.05) is 48.0 Å². The maximum atomic E-state index is 12.6. The van der Waals surface area contributed by atoms with Crippen LogP contribution in [0.25, 0.3) is 0 Å². The van der Waals surface area contributed by atoms with E-state index in [1.165, 1.54) is 11.3 Å². The van der Waals surface area contributed by atoms with E-state index >= 15 is 0 Å². The predicted molar refractivity (Wildman–Crippen MR) is 94.4 cm³/mol. The highest BCUT2D eigenvalue weighted by Crippen LogP contribution is 2.46. The Kier molecular flexibility index (Phi) is 3.69. The van der Waals surface area contributed by atoms with E-state index in [9.17, 15) is 4.79 Å². The van der Waals surface area contributed by atoms with Crippen molar-refractivity contribution in [1.29, 1.82) is 0 Å². The molecule has 1 aliphatic heterocycles. The lowest BCUT2D eigenvalue weighted by atomic mass is 9.83. The van der Waals surface area contributed by atoms with Crippen LogP contribution in [0.3, 0.4) is 0 Å². The molecule has 2 nitrogen and oxygen atoms in total. The van der Waals surface area contributed by atoms with Crippen LogP contribution in [0.4, 0.5) is 5.69 Å². The van der Waals surface area contributed by atoms with Crippen molar-refractivity contribution in [3.8, 4) is 0 Å². The summed E-state index contributed by atoms with van der Waals surface area (Å²) < 4.78 is 0.974. The molecular weight excluding hydrogens is 338 g/mol. The van der Waals surface area contributed by atoms with E-state index in [4.69, 9.17) is 0 Å². The maximum Gasteiger partial charge on any atom is 0.187 e. The third-order valence-electron chi connectivity index (χ3n) is 4.34. The molecule has 2 aromatic carbocycles. The van der Waals surface area contributed by atoms with Crippen molar-refractivity contribution >= 4 is 27.4 Å². The van der Waals surface area contributed by atoms with Crippen LogP contribution in [-0.2, 0) is 5.41 Å². The minimum atomic E-state index is -0.170. The number of fused-ring (bicyclic) bond motifs is 1. The van der Waals surface area contributed by atoms with Gasteiger partial charge in [-0.25, -0.2) is 0 Å². The fourth-order valence-corrected chi connectivity index (χ4v) is 3.34. The van der Waals surface area contributed by atoms with Crippen molar-refractivity contribution in [3.05, 3.63) is 75.9 Å². The van der Waals surface area contributed by atoms with Crippen LogP contribution in [0.5, 0.6) is 0 Å². The zero-order valence-electron chi connectivity index (χ0n) is 12.9. The van der Waals surface area contributed by atoms with Gasteiger partial charge in [0.25, 0.3) is 0 Å². The normalized spacial score (nSPS) is 17.6. The molecule has 3 heteroatoms. The third kappa shape index (κ3) is 2.40. The van der Waals surface area contributed by atoms with Gasteiger partial charge in [-0.2, -0.15) is 0 Å². The second-order valence-corrected chi connectivity index (χ2v) is 7.02. The van der Waals surface area contributed by atoms with Gasteiger partial charge < -0.3 is 4.90 Å². The van der Waals surface area contributed by atoms with E-state index < -0.39 is 0 Å². The van der Waals surface area contributed by atoms with E-state index in [0.717, 1.165) is 10.2 Å². The molecule has 0 amide bonds. The summed E-state index contributed by atoms with van der Waals surface area (Å²) in [4.78, 5) is 14.7. The molecule has 0 unspecified atom stereocenters. The molecule has 0 aromatic heterocycles. The van der Waals surface area contributed by atoms with Gasteiger partial charge in [0, 0.05) is 40.0 Å².